The van der Waals surface area contributed by atoms with Gasteiger partial charge in [-0.2, -0.15) is 5.10 Å². The average Bonchev–Trinajstić information content (AvgIpc) is 2.72. The van der Waals surface area contributed by atoms with Crippen molar-refractivity contribution in [3.05, 3.63) is 46.8 Å². The maximum atomic E-state index is 4.54. The summed E-state index contributed by atoms with van der Waals surface area (Å²) in [7, 11) is 1.97. The fraction of sp³-hybridized carbons (Fsp3) is 0.400. The van der Waals surface area contributed by atoms with E-state index >= 15 is 0 Å². The first-order chi connectivity index (χ1) is 8.67. The van der Waals surface area contributed by atoms with Crippen LogP contribution in [0.25, 0.3) is 5.69 Å². The van der Waals surface area contributed by atoms with Gasteiger partial charge in [-0.05, 0) is 38.9 Å². The normalized spacial score (nSPS) is 10.9. The molecule has 0 aliphatic heterocycles. The summed E-state index contributed by atoms with van der Waals surface area (Å²) in [6.07, 6.45) is 2.96. The minimum atomic E-state index is 0.869. The van der Waals surface area contributed by atoms with Gasteiger partial charge in [-0.1, -0.05) is 24.6 Å². The van der Waals surface area contributed by atoms with E-state index in [1.165, 1.54) is 28.1 Å². The monoisotopic (exact) mass is 243 g/mol. The summed E-state index contributed by atoms with van der Waals surface area (Å²) in [6.45, 7) is 7.30. The summed E-state index contributed by atoms with van der Waals surface area (Å²) in [6, 6.07) is 6.50. The van der Waals surface area contributed by atoms with Crippen LogP contribution in [0.5, 0.6) is 0 Å². The van der Waals surface area contributed by atoms with Crippen LogP contribution in [0.1, 0.15) is 29.3 Å². The van der Waals surface area contributed by atoms with Gasteiger partial charge in [0.1, 0.15) is 0 Å². The van der Waals surface area contributed by atoms with Crippen LogP contribution >= 0.6 is 0 Å². The number of hydrogen-bond donors (Lipinski definition) is 1. The lowest BCUT2D eigenvalue weighted by molar-refractivity contribution is 0.777. The van der Waals surface area contributed by atoms with E-state index in [2.05, 4.69) is 54.1 Å². The summed E-state index contributed by atoms with van der Waals surface area (Å²) in [5.41, 5.74) is 6.30. The van der Waals surface area contributed by atoms with Gasteiger partial charge in [0.2, 0.25) is 0 Å². The van der Waals surface area contributed by atoms with Crippen molar-refractivity contribution in [2.45, 2.75) is 33.7 Å². The third kappa shape index (κ3) is 2.31. The van der Waals surface area contributed by atoms with E-state index < -0.39 is 0 Å². The Hall–Kier alpha value is -1.61. The highest BCUT2D eigenvalue weighted by atomic mass is 15.3. The van der Waals surface area contributed by atoms with E-state index in [1.807, 2.05) is 13.2 Å². The highest BCUT2D eigenvalue weighted by Gasteiger charge is 2.11. The van der Waals surface area contributed by atoms with Crippen molar-refractivity contribution in [1.29, 1.82) is 0 Å². The molecule has 3 nitrogen and oxygen atoms in total. The van der Waals surface area contributed by atoms with Crippen LogP contribution in [0.3, 0.4) is 0 Å². The molecule has 18 heavy (non-hydrogen) atoms. The van der Waals surface area contributed by atoms with Gasteiger partial charge in [-0.15, -0.1) is 0 Å². The van der Waals surface area contributed by atoms with Crippen LogP contribution in [0.2, 0.25) is 0 Å². The molecule has 0 aliphatic rings. The van der Waals surface area contributed by atoms with Crippen molar-refractivity contribution < 1.29 is 0 Å². The highest BCUT2D eigenvalue weighted by Crippen LogP contribution is 2.19. The van der Waals surface area contributed by atoms with Gasteiger partial charge < -0.3 is 5.32 Å². The third-order valence-electron chi connectivity index (χ3n) is 3.24. The Morgan fingerprint density at radius 3 is 2.67 bits per heavy atom. The van der Waals surface area contributed by atoms with Crippen molar-refractivity contribution in [2.24, 2.45) is 0 Å². The molecule has 0 fully saturated rings. The lowest BCUT2D eigenvalue weighted by Gasteiger charge is -2.11. The second-order valence-corrected chi connectivity index (χ2v) is 4.70. The number of nitrogens with one attached hydrogen (secondary N) is 1. The molecule has 0 unspecified atom stereocenters. The van der Waals surface area contributed by atoms with Crippen molar-refractivity contribution in [2.75, 3.05) is 7.05 Å². The van der Waals surface area contributed by atoms with Gasteiger partial charge in [-0.3, -0.25) is 0 Å². The zero-order valence-corrected chi connectivity index (χ0v) is 11.6. The number of aryl methyl sites for hydroxylation is 2. The predicted octanol–water partition coefficient (Wildman–Crippen LogP) is 2.77. The molecule has 0 aliphatic carbocycles. The fourth-order valence-corrected chi connectivity index (χ4v) is 2.37. The van der Waals surface area contributed by atoms with Gasteiger partial charge in [-0.25, -0.2) is 4.68 Å². The molecule has 1 heterocycles. The number of hydrogen-bond acceptors (Lipinski definition) is 2. The zero-order valence-electron chi connectivity index (χ0n) is 11.6. The predicted molar refractivity (Wildman–Crippen MR) is 75.2 cm³/mol. The van der Waals surface area contributed by atoms with Crippen molar-refractivity contribution in [3.8, 4) is 5.69 Å². The Kier molecular flexibility index (Phi) is 3.82. The average molecular weight is 243 g/mol. The van der Waals surface area contributed by atoms with Crippen LogP contribution < -0.4 is 5.32 Å². The smallest absolute Gasteiger partial charge is 0.0678 e. The Labute approximate surface area is 109 Å². The molecule has 1 aromatic heterocycles. The summed E-state index contributed by atoms with van der Waals surface area (Å²) in [5, 5.41) is 7.74. The molecule has 1 aromatic carbocycles. The lowest BCUT2D eigenvalue weighted by atomic mass is 10.1. The molecule has 0 spiro atoms. The molecule has 0 radical (unpaired) electrons. The zero-order chi connectivity index (χ0) is 13.1. The van der Waals surface area contributed by atoms with E-state index in [0.717, 1.165) is 13.0 Å². The summed E-state index contributed by atoms with van der Waals surface area (Å²) in [4.78, 5) is 0. The van der Waals surface area contributed by atoms with E-state index in [9.17, 15) is 0 Å². The first kappa shape index (κ1) is 12.8. The first-order valence-corrected chi connectivity index (χ1v) is 6.45. The van der Waals surface area contributed by atoms with Gasteiger partial charge in [0.05, 0.1) is 11.9 Å². The second-order valence-electron chi connectivity index (χ2n) is 4.70. The molecule has 2 aromatic rings. The molecular weight excluding hydrogens is 222 g/mol. The number of rotatable bonds is 4. The van der Waals surface area contributed by atoms with E-state index in [4.69, 9.17) is 0 Å². The molecule has 0 saturated heterocycles. The first-order valence-electron chi connectivity index (χ1n) is 6.45. The van der Waals surface area contributed by atoms with Gasteiger partial charge >= 0.3 is 0 Å². The van der Waals surface area contributed by atoms with Crippen LogP contribution in [0.4, 0.5) is 0 Å². The Morgan fingerprint density at radius 1 is 1.28 bits per heavy atom. The second kappa shape index (κ2) is 5.36. The lowest BCUT2D eigenvalue weighted by Crippen LogP contribution is -2.09. The SMILES string of the molecule is CCc1c(CNC)cnn1-c1ccc(C)cc1C. The van der Waals surface area contributed by atoms with Crippen LogP contribution in [0.15, 0.2) is 24.4 Å². The third-order valence-corrected chi connectivity index (χ3v) is 3.24. The van der Waals surface area contributed by atoms with Crippen LogP contribution in [-0.2, 0) is 13.0 Å². The number of nitrogens with zero attached hydrogens (tertiary/aromatic N) is 2. The van der Waals surface area contributed by atoms with Crippen molar-refractivity contribution in [1.82, 2.24) is 15.1 Å². The minimum absolute atomic E-state index is 0.869. The molecule has 0 atom stereocenters. The standard InChI is InChI=1S/C15H21N3/c1-5-14-13(9-16-4)10-17-18(14)15-7-6-11(2)8-12(15)3/h6-8,10,16H,5,9H2,1-4H3. The van der Waals surface area contributed by atoms with Crippen molar-refractivity contribution >= 4 is 0 Å². The van der Waals surface area contributed by atoms with Gasteiger partial charge in [0.15, 0.2) is 0 Å². The molecule has 2 rings (SSSR count). The quantitative estimate of drug-likeness (QED) is 0.895. The molecule has 0 bridgehead atoms. The van der Waals surface area contributed by atoms with E-state index in [0.29, 0.717) is 0 Å². The van der Waals surface area contributed by atoms with Gasteiger partial charge in [0, 0.05) is 17.8 Å². The Bertz CT molecular complexity index is 541. The molecule has 0 saturated carbocycles. The maximum Gasteiger partial charge on any atom is 0.0678 e. The van der Waals surface area contributed by atoms with E-state index in [1.54, 1.807) is 0 Å². The minimum Gasteiger partial charge on any atom is -0.316 e. The Balaban J connectivity index is 2.50. The summed E-state index contributed by atoms with van der Waals surface area (Å²) < 4.78 is 2.07. The largest absolute Gasteiger partial charge is 0.316 e. The number of aromatic nitrogens is 2. The van der Waals surface area contributed by atoms with Crippen molar-refractivity contribution in [3.63, 3.8) is 0 Å². The Morgan fingerprint density at radius 2 is 2.06 bits per heavy atom. The summed E-state index contributed by atoms with van der Waals surface area (Å²) in [5.74, 6) is 0. The molecule has 3 heteroatoms. The van der Waals surface area contributed by atoms with Crippen LogP contribution in [-0.4, -0.2) is 16.8 Å². The summed E-state index contributed by atoms with van der Waals surface area (Å²) >= 11 is 0. The molecular formula is C15H21N3. The fourth-order valence-electron chi connectivity index (χ4n) is 2.37. The van der Waals surface area contributed by atoms with Gasteiger partial charge in [0.25, 0.3) is 0 Å². The van der Waals surface area contributed by atoms with Crippen LogP contribution in [0, 0.1) is 13.8 Å². The number of benzene rings is 1. The molecule has 96 valence electrons. The maximum absolute atomic E-state index is 4.54. The van der Waals surface area contributed by atoms with E-state index in [-0.39, 0.29) is 0 Å². The molecule has 1 N–H and O–H groups in total. The molecule has 0 amide bonds. The topological polar surface area (TPSA) is 29.9 Å². The highest BCUT2D eigenvalue weighted by molar-refractivity contribution is 5.44.